The number of aryl methyl sites for hydroxylation is 2. The van der Waals surface area contributed by atoms with Crippen LogP contribution in [0, 0.1) is 13.8 Å². The first-order chi connectivity index (χ1) is 15.6. The van der Waals surface area contributed by atoms with Crippen molar-refractivity contribution >= 4 is 32.2 Å². The Bertz CT molecular complexity index is 1470. The first-order valence-electron chi connectivity index (χ1n) is 10.3. The van der Waals surface area contributed by atoms with Crippen molar-refractivity contribution in [3.8, 4) is 0 Å². The summed E-state index contributed by atoms with van der Waals surface area (Å²) >= 11 is 0. The van der Waals surface area contributed by atoms with Gasteiger partial charge in [0.05, 0.1) is 9.79 Å². The third-order valence-electron chi connectivity index (χ3n) is 5.32. The molecule has 0 fully saturated rings. The van der Waals surface area contributed by atoms with Crippen LogP contribution in [-0.2, 0) is 20.0 Å². The van der Waals surface area contributed by atoms with Gasteiger partial charge >= 0.3 is 0 Å². The molecule has 1 aliphatic heterocycles. The Morgan fingerprint density at radius 2 is 1.12 bits per heavy atom. The van der Waals surface area contributed by atoms with Crippen molar-refractivity contribution in [2.24, 2.45) is 0 Å². The number of rotatable bonds is 5. The van der Waals surface area contributed by atoms with E-state index in [0.717, 1.165) is 21.0 Å². The maximum Gasteiger partial charge on any atom is 0.269 e. The van der Waals surface area contributed by atoms with Gasteiger partial charge in [-0.2, -0.15) is 0 Å². The van der Waals surface area contributed by atoms with Crippen LogP contribution in [0.1, 0.15) is 29.2 Å². The zero-order valence-electron chi connectivity index (χ0n) is 18.5. The minimum absolute atomic E-state index is 0.0425. The van der Waals surface area contributed by atoms with E-state index in [1.54, 1.807) is 49.4 Å². The molecule has 0 bridgehead atoms. The highest BCUT2D eigenvalue weighted by Crippen LogP contribution is 2.31. The Morgan fingerprint density at radius 1 is 0.636 bits per heavy atom. The number of hydrogen-bond acceptors (Lipinski definition) is 4. The van der Waals surface area contributed by atoms with Crippen LogP contribution in [0.2, 0.25) is 0 Å². The van der Waals surface area contributed by atoms with Gasteiger partial charge in [0.15, 0.2) is 0 Å². The quantitative estimate of drug-likeness (QED) is 0.576. The van der Waals surface area contributed by atoms with Crippen LogP contribution in [0.4, 0.5) is 0 Å². The molecule has 6 nitrogen and oxygen atoms in total. The van der Waals surface area contributed by atoms with Crippen molar-refractivity contribution in [1.29, 1.82) is 0 Å². The molecule has 0 amide bonds. The Balaban J connectivity index is 1.88. The molecule has 8 heteroatoms. The van der Waals surface area contributed by atoms with Crippen molar-refractivity contribution < 1.29 is 16.8 Å². The summed E-state index contributed by atoms with van der Waals surface area (Å²) in [6.45, 7) is 5.37. The lowest BCUT2D eigenvalue weighted by molar-refractivity contribution is 0.518. The largest absolute Gasteiger partial charge is 0.269 e. The van der Waals surface area contributed by atoms with Gasteiger partial charge in [-0.3, -0.25) is 4.72 Å². The van der Waals surface area contributed by atoms with Gasteiger partial charge in [-0.05, 0) is 68.3 Å². The van der Waals surface area contributed by atoms with Gasteiger partial charge in [-0.15, -0.1) is 0 Å². The summed E-state index contributed by atoms with van der Waals surface area (Å²) in [5.41, 5.74) is 3.67. The van der Waals surface area contributed by atoms with E-state index in [9.17, 15) is 16.8 Å². The molecule has 0 radical (unpaired) electrons. The molecular weight excluding hydrogens is 456 g/mol. The SMILES string of the molecule is CC1=Cc2ccccc2C=C(NS(=O)(=O)c2ccc(C)cc2)N1S(=O)(=O)c1ccc(C)cc1. The van der Waals surface area contributed by atoms with Gasteiger partial charge in [0.1, 0.15) is 5.82 Å². The molecule has 1 N–H and O–H groups in total. The third kappa shape index (κ3) is 4.58. The van der Waals surface area contributed by atoms with Crippen LogP contribution in [0.5, 0.6) is 0 Å². The number of allylic oxidation sites excluding steroid dienone is 1. The van der Waals surface area contributed by atoms with E-state index < -0.39 is 20.0 Å². The zero-order valence-corrected chi connectivity index (χ0v) is 20.1. The summed E-state index contributed by atoms with van der Waals surface area (Å²) in [6.07, 6.45) is 3.27. The van der Waals surface area contributed by atoms with Gasteiger partial charge in [0.25, 0.3) is 20.0 Å². The average Bonchev–Trinajstić information content (AvgIpc) is 2.89. The lowest BCUT2D eigenvalue weighted by Gasteiger charge is -2.27. The Hall–Kier alpha value is -3.36. The lowest BCUT2D eigenvalue weighted by Crippen LogP contribution is -2.37. The molecule has 0 saturated heterocycles. The Kier molecular flexibility index (Phi) is 5.90. The number of fused-ring (bicyclic) bond motifs is 1. The summed E-state index contributed by atoms with van der Waals surface area (Å²) in [5, 5.41) is 0. The monoisotopic (exact) mass is 480 g/mol. The van der Waals surface area contributed by atoms with Crippen molar-refractivity contribution in [1.82, 2.24) is 9.03 Å². The summed E-state index contributed by atoms with van der Waals surface area (Å²) in [7, 11) is -8.16. The summed E-state index contributed by atoms with van der Waals surface area (Å²) in [6, 6.07) is 20.1. The number of sulfonamides is 2. The van der Waals surface area contributed by atoms with Crippen LogP contribution in [0.15, 0.2) is 94.1 Å². The molecule has 0 spiro atoms. The van der Waals surface area contributed by atoms with E-state index >= 15 is 0 Å². The number of nitrogens with zero attached hydrogens (tertiary/aromatic N) is 1. The third-order valence-corrected chi connectivity index (χ3v) is 8.53. The number of nitrogens with one attached hydrogen (secondary N) is 1. The van der Waals surface area contributed by atoms with E-state index in [1.165, 1.54) is 24.3 Å². The molecule has 3 aromatic rings. The van der Waals surface area contributed by atoms with Crippen molar-refractivity contribution in [3.05, 3.63) is 107 Å². The second kappa shape index (κ2) is 8.53. The smallest absolute Gasteiger partial charge is 0.264 e. The predicted octanol–water partition coefficient (Wildman–Crippen LogP) is 4.65. The lowest BCUT2D eigenvalue weighted by atomic mass is 10.1. The van der Waals surface area contributed by atoms with Gasteiger partial charge in [0, 0.05) is 5.70 Å². The van der Waals surface area contributed by atoms with Crippen LogP contribution in [0.25, 0.3) is 12.2 Å². The Morgan fingerprint density at radius 3 is 1.67 bits per heavy atom. The van der Waals surface area contributed by atoms with Gasteiger partial charge in [0.2, 0.25) is 0 Å². The van der Waals surface area contributed by atoms with Crippen LogP contribution >= 0.6 is 0 Å². The molecule has 0 aliphatic carbocycles. The fraction of sp³-hybridized carbons (Fsp3) is 0.120. The van der Waals surface area contributed by atoms with E-state index in [0.29, 0.717) is 11.3 Å². The van der Waals surface area contributed by atoms with E-state index in [4.69, 9.17) is 0 Å². The average molecular weight is 481 g/mol. The number of hydrogen-bond donors (Lipinski definition) is 1. The minimum Gasteiger partial charge on any atom is -0.264 e. The molecule has 170 valence electrons. The molecule has 0 saturated carbocycles. The second-order valence-corrected chi connectivity index (χ2v) is 11.4. The normalized spacial score (nSPS) is 14.1. The van der Waals surface area contributed by atoms with Crippen LogP contribution < -0.4 is 4.72 Å². The maximum atomic E-state index is 13.7. The highest BCUT2D eigenvalue weighted by atomic mass is 32.2. The van der Waals surface area contributed by atoms with E-state index in [2.05, 4.69) is 4.72 Å². The standard InChI is InChI=1S/C25H24N2O4S2/c1-18-8-12-23(13-9-18)32(28,29)26-25-17-22-7-5-4-6-21(22)16-20(3)27(25)33(30,31)24-14-10-19(2)11-15-24/h4-17,26H,1-3H3. The molecule has 0 atom stereocenters. The second-order valence-electron chi connectivity index (χ2n) is 7.95. The summed E-state index contributed by atoms with van der Waals surface area (Å²) < 4.78 is 57.4. The van der Waals surface area contributed by atoms with Crippen molar-refractivity contribution in [2.45, 2.75) is 30.6 Å². The first kappa shape index (κ1) is 22.8. The molecule has 3 aromatic carbocycles. The summed E-state index contributed by atoms with van der Waals surface area (Å²) in [4.78, 5) is 0.105. The molecular formula is C25H24N2O4S2. The fourth-order valence-electron chi connectivity index (χ4n) is 3.57. The highest BCUT2D eigenvalue weighted by molar-refractivity contribution is 7.90. The van der Waals surface area contributed by atoms with Gasteiger partial charge in [-0.1, -0.05) is 59.7 Å². The van der Waals surface area contributed by atoms with Gasteiger partial charge < -0.3 is 0 Å². The molecule has 0 unspecified atom stereocenters. The number of benzene rings is 3. The van der Waals surface area contributed by atoms with Crippen LogP contribution in [-0.4, -0.2) is 21.1 Å². The van der Waals surface area contributed by atoms with E-state index in [-0.39, 0.29) is 15.6 Å². The van der Waals surface area contributed by atoms with E-state index in [1.807, 2.05) is 32.0 Å². The topological polar surface area (TPSA) is 83.6 Å². The molecule has 0 aromatic heterocycles. The fourth-order valence-corrected chi connectivity index (χ4v) is 6.15. The zero-order chi connectivity index (χ0) is 23.8. The summed E-state index contributed by atoms with van der Waals surface area (Å²) in [5.74, 6) is -0.0742. The predicted molar refractivity (Wildman–Crippen MR) is 130 cm³/mol. The first-order valence-corrected chi connectivity index (χ1v) is 13.2. The van der Waals surface area contributed by atoms with Crippen LogP contribution in [0.3, 0.4) is 0 Å². The Labute approximate surface area is 195 Å². The van der Waals surface area contributed by atoms with Crippen molar-refractivity contribution in [3.63, 3.8) is 0 Å². The molecule has 4 rings (SSSR count). The maximum absolute atomic E-state index is 13.7. The molecule has 33 heavy (non-hydrogen) atoms. The van der Waals surface area contributed by atoms with Gasteiger partial charge in [-0.25, -0.2) is 21.1 Å². The molecule has 1 aliphatic rings. The van der Waals surface area contributed by atoms with Crippen molar-refractivity contribution in [2.75, 3.05) is 0 Å². The highest BCUT2D eigenvalue weighted by Gasteiger charge is 2.32. The molecule has 1 heterocycles. The minimum atomic E-state index is -4.11.